The number of hydrogen-bond acceptors (Lipinski definition) is 6. The molecule has 0 aliphatic carbocycles. The number of non-ortho nitro benzene ring substituents is 1. The minimum Gasteiger partial charge on any atom is -0.505 e. The maximum Gasteiger partial charge on any atom is 0.281 e. The van der Waals surface area contributed by atoms with E-state index in [1.807, 2.05) is 6.92 Å². The number of nitro groups is 1. The maximum absolute atomic E-state index is 12.1. The van der Waals surface area contributed by atoms with Gasteiger partial charge in [-0.3, -0.25) is 14.8 Å². The topological polar surface area (TPSA) is 127 Å². The molecular formula is C11H12N4O5S. The Hall–Kier alpha value is -2.62. The molecule has 1 heterocycles. The summed E-state index contributed by atoms with van der Waals surface area (Å²) in [7, 11) is -3.97. The second kappa shape index (κ2) is 5.40. The standard InChI is InChI=1S/C11H12N4O5S/c1-2-14-6-11(12-7-14)21(19,20)13-9-4-3-8(15(17)18)5-10(9)16/h3-7,13,16H,2H2,1H3. The van der Waals surface area contributed by atoms with Crippen molar-refractivity contribution in [3.05, 3.63) is 40.8 Å². The van der Waals surface area contributed by atoms with Crippen LogP contribution in [0.25, 0.3) is 0 Å². The summed E-state index contributed by atoms with van der Waals surface area (Å²) in [5.74, 6) is -0.539. The van der Waals surface area contributed by atoms with Crippen LogP contribution >= 0.6 is 0 Å². The van der Waals surface area contributed by atoms with E-state index in [0.717, 1.165) is 18.2 Å². The Morgan fingerprint density at radius 2 is 2.19 bits per heavy atom. The first-order chi connectivity index (χ1) is 9.83. The van der Waals surface area contributed by atoms with E-state index in [1.165, 1.54) is 12.5 Å². The number of aromatic nitrogens is 2. The molecule has 0 spiro atoms. The van der Waals surface area contributed by atoms with E-state index in [0.29, 0.717) is 6.54 Å². The van der Waals surface area contributed by atoms with E-state index in [-0.39, 0.29) is 16.4 Å². The van der Waals surface area contributed by atoms with Gasteiger partial charge in [-0.1, -0.05) is 0 Å². The fraction of sp³-hybridized carbons (Fsp3) is 0.182. The number of nitrogens with one attached hydrogen (secondary N) is 1. The molecule has 9 nitrogen and oxygen atoms in total. The maximum atomic E-state index is 12.1. The highest BCUT2D eigenvalue weighted by Gasteiger charge is 2.20. The van der Waals surface area contributed by atoms with E-state index in [2.05, 4.69) is 9.71 Å². The Morgan fingerprint density at radius 1 is 1.48 bits per heavy atom. The number of nitrogens with zero attached hydrogens (tertiary/aromatic N) is 3. The van der Waals surface area contributed by atoms with E-state index in [1.54, 1.807) is 4.57 Å². The number of rotatable bonds is 5. The van der Waals surface area contributed by atoms with Gasteiger partial charge in [0.15, 0.2) is 5.03 Å². The van der Waals surface area contributed by atoms with Gasteiger partial charge in [-0.15, -0.1) is 0 Å². The molecular weight excluding hydrogens is 300 g/mol. The molecule has 0 radical (unpaired) electrons. The predicted molar refractivity (Wildman–Crippen MR) is 73.5 cm³/mol. The fourth-order valence-electron chi connectivity index (χ4n) is 1.57. The lowest BCUT2D eigenvalue weighted by Crippen LogP contribution is -2.13. The second-order valence-corrected chi connectivity index (χ2v) is 5.74. The first-order valence-corrected chi connectivity index (χ1v) is 7.34. The van der Waals surface area contributed by atoms with Crippen LogP contribution in [0, 0.1) is 10.1 Å². The number of benzene rings is 1. The molecule has 0 saturated carbocycles. The molecule has 0 amide bonds. The van der Waals surface area contributed by atoms with Gasteiger partial charge in [0.1, 0.15) is 5.75 Å². The van der Waals surface area contributed by atoms with Crippen molar-refractivity contribution in [1.82, 2.24) is 9.55 Å². The lowest BCUT2D eigenvalue weighted by Gasteiger charge is -2.07. The molecule has 0 atom stereocenters. The smallest absolute Gasteiger partial charge is 0.281 e. The van der Waals surface area contributed by atoms with Crippen LogP contribution in [-0.4, -0.2) is 28.0 Å². The van der Waals surface area contributed by atoms with Crippen molar-refractivity contribution in [2.24, 2.45) is 0 Å². The number of nitro benzene ring substituents is 1. The van der Waals surface area contributed by atoms with Crippen LogP contribution in [0.4, 0.5) is 11.4 Å². The molecule has 112 valence electrons. The minimum absolute atomic E-state index is 0.161. The summed E-state index contributed by atoms with van der Waals surface area (Å²) in [4.78, 5) is 13.6. The van der Waals surface area contributed by atoms with Crippen molar-refractivity contribution in [2.45, 2.75) is 18.5 Å². The summed E-state index contributed by atoms with van der Waals surface area (Å²) in [6.07, 6.45) is 2.70. The van der Waals surface area contributed by atoms with Crippen LogP contribution in [0.3, 0.4) is 0 Å². The molecule has 0 fully saturated rings. The van der Waals surface area contributed by atoms with Crippen LogP contribution in [0.1, 0.15) is 6.92 Å². The Bertz CT molecular complexity index is 784. The molecule has 2 rings (SSSR count). The highest BCUT2D eigenvalue weighted by atomic mass is 32.2. The number of aromatic hydroxyl groups is 1. The monoisotopic (exact) mass is 312 g/mol. The van der Waals surface area contributed by atoms with Crippen molar-refractivity contribution in [1.29, 1.82) is 0 Å². The Labute approximate surface area is 120 Å². The molecule has 2 aromatic rings. The summed E-state index contributed by atoms with van der Waals surface area (Å²) in [5, 5.41) is 20.0. The summed E-state index contributed by atoms with van der Waals surface area (Å²) < 4.78 is 27.8. The van der Waals surface area contributed by atoms with E-state index in [9.17, 15) is 23.6 Å². The lowest BCUT2D eigenvalue weighted by molar-refractivity contribution is -0.384. The molecule has 10 heteroatoms. The highest BCUT2D eigenvalue weighted by Crippen LogP contribution is 2.29. The SMILES string of the molecule is CCn1cnc(S(=O)(=O)Nc2ccc([N+](=O)[O-])cc2O)c1. The van der Waals surface area contributed by atoms with Crippen molar-refractivity contribution < 1.29 is 18.4 Å². The number of imidazole rings is 1. The van der Waals surface area contributed by atoms with Crippen LogP contribution in [0.2, 0.25) is 0 Å². The van der Waals surface area contributed by atoms with Crippen molar-refractivity contribution in [3.63, 3.8) is 0 Å². The molecule has 1 aromatic carbocycles. The number of phenols is 1. The van der Waals surface area contributed by atoms with Crippen molar-refractivity contribution >= 4 is 21.4 Å². The molecule has 0 unspecified atom stereocenters. The van der Waals surface area contributed by atoms with Crippen LogP contribution in [0.15, 0.2) is 35.7 Å². The third kappa shape index (κ3) is 3.11. The minimum atomic E-state index is -3.97. The number of aryl methyl sites for hydroxylation is 1. The molecule has 2 N–H and O–H groups in total. The normalized spacial score (nSPS) is 11.3. The van der Waals surface area contributed by atoms with Gasteiger partial charge in [0.2, 0.25) is 0 Å². The molecule has 1 aromatic heterocycles. The zero-order chi connectivity index (χ0) is 15.6. The first-order valence-electron chi connectivity index (χ1n) is 5.85. The van der Waals surface area contributed by atoms with Gasteiger partial charge in [0, 0.05) is 18.8 Å². The Balaban J connectivity index is 2.30. The van der Waals surface area contributed by atoms with Gasteiger partial charge >= 0.3 is 0 Å². The van der Waals surface area contributed by atoms with Gasteiger partial charge in [0.25, 0.3) is 15.7 Å². The predicted octanol–water partition coefficient (Wildman–Crippen LogP) is 1.32. The largest absolute Gasteiger partial charge is 0.505 e. The zero-order valence-electron chi connectivity index (χ0n) is 10.9. The van der Waals surface area contributed by atoms with Gasteiger partial charge in [0.05, 0.1) is 23.0 Å². The molecule has 0 bridgehead atoms. The lowest BCUT2D eigenvalue weighted by atomic mass is 10.3. The van der Waals surface area contributed by atoms with Crippen molar-refractivity contribution in [2.75, 3.05) is 4.72 Å². The quantitative estimate of drug-likeness (QED) is 0.487. The molecule has 0 aliphatic rings. The van der Waals surface area contributed by atoms with Crippen LogP contribution in [0.5, 0.6) is 5.75 Å². The Kier molecular flexibility index (Phi) is 3.80. The van der Waals surface area contributed by atoms with Gasteiger partial charge < -0.3 is 9.67 Å². The van der Waals surface area contributed by atoms with Gasteiger partial charge in [-0.2, -0.15) is 8.42 Å². The first kappa shape index (κ1) is 14.8. The van der Waals surface area contributed by atoms with E-state index >= 15 is 0 Å². The summed E-state index contributed by atoms with van der Waals surface area (Å²) in [6.45, 7) is 2.39. The van der Waals surface area contributed by atoms with E-state index in [4.69, 9.17) is 0 Å². The van der Waals surface area contributed by atoms with Gasteiger partial charge in [-0.05, 0) is 13.0 Å². The number of phenolic OH excluding ortho intramolecular Hbond substituents is 1. The molecule has 0 aliphatic heterocycles. The van der Waals surface area contributed by atoms with Crippen LogP contribution < -0.4 is 4.72 Å². The fourth-order valence-corrected chi connectivity index (χ4v) is 2.60. The second-order valence-electron chi connectivity index (χ2n) is 4.11. The van der Waals surface area contributed by atoms with Crippen LogP contribution in [-0.2, 0) is 16.6 Å². The highest BCUT2D eigenvalue weighted by molar-refractivity contribution is 7.92. The Morgan fingerprint density at radius 3 is 2.71 bits per heavy atom. The number of sulfonamides is 1. The zero-order valence-corrected chi connectivity index (χ0v) is 11.7. The third-order valence-electron chi connectivity index (χ3n) is 2.69. The average Bonchev–Trinajstić information content (AvgIpc) is 2.90. The number of hydrogen-bond donors (Lipinski definition) is 2. The summed E-state index contributed by atoms with van der Waals surface area (Å²) in [5.41, 5.74) is -0.502. The number of anilines is 1. The van der Waals surface area contributed by atoms with Gasteiger partial charge in [-0.25, -0.2) is 4.98 Å². The third-order valence-corrected chi connectivity index (χ3v) is 3.94. The summed E-state index contributed by atoms with van der Waals surface area (Å²) >= 11 is 0. The van der Waals surface area contributed by atoms with Crippen molar-refractivity contribution in [3.8, 4) is 5.75 Å². The molecule has 0 saturated heterocycles. The average molecular weight is 312 g/mol. The van der Waals surface area contributed by atoms with E-state index < -0.39 is 20.7 Å². The molecule has 21 heavy (non-hydrogen) atoms. The summed E-state index contributed by atoms with van der Waals surface area (Å²) in [6, 6.07) is 3.06.